The van der Waals surface area contributed by atoms with Crippen molar-refractivity contribution in [3.8, 4) is 5.88 Å². The van der Waals surface area contributed by atoms with Gasteiger partial charge in [0.05, 0.1) is 5.56 Å². The van der Waals surface area contributed by atoms with Gasteiger partial charge in [0.25, 0.3) is 0 Å². The summed E-state index contributed by atoms with van der Waals surface area (Å²) in [6.45, 7) is 3.08. The molecule has 77 valence electrons. The number of rotatable bonds is 2. The number of pyridine rings is 1. The lowest BCUT2D eigenvalue weighted by molar-refractivity contribution is -0.137. The van der Waals surface area contributed by atoms with Gasteiger partial charge in [0.15, 0.2) is 6.29 Å². The van der Waals surface area contributed by atoms with E-state index >= 15 is 0 Å². The summed E-state index contributed by atoms with van der Waals surface area (Å²) in [5.74, 6) is -0.111. The minimum Gasteiger partial charge on any atom is -0.448 e. The van der Waals surface area contributed by atoms with E-state index in [1.807, 2.05) is 0 Å². The Hall–Kier alpha value is -1.30. The van der Waals surface area contributed by atoms with Crippen molar-refractivity contribution in [3.05, 3.63) is 30.8 Å². The maximum Gasteiger partial charge on any atom is 0.417 e. The normalized spacial score (nSPS) is 13.8. The second-order valence-corrected chi connectivity index (χ2v) is 2.46. The summed E-state index contributed by atoms with van der Waals surface area (Å²) in [6.07, 6.45) is -5.15. The summed E-state index contributed by atoms with van der Waals surface area (Å²) < 4.78 is 40.7. The molecule has 0 aromatic carbocycles. The molecule has 0 spiro atoms. The van der Waals surface area contributed by atoms with Crippen molar-refractivity contribution in [1.82, 2.24) is 4.98 Å². The maximum absolute atomic E-state index is 12.0. The molecule has 1 radical (unpaired) electrons. The first kappa shape index (κ1) is 10.8. The zero-order chi connectivity index (χ0) is 10.8. The molecular formula is C8H7F3NO2. The predicted molar refractivity (Wildman–Crippen MR) is 41.2 cm³/mol. The molecule has 0 bridgehead atoms. The molecule has 1 rings (SSSR count). The summed E-state index contributed by atoms with van der Waals surface area (Å²) >= 11 is 0. The largest absolute Gasteiger partial charge is 0.448 e. The third-order valence-electron chi connectivity index (χ3n) is 1.32. The van der Waals surface area contributed by atoms with Crippen LogP contribution in [0.4, 0.5) is 13.2 Å². The van der Waals surface area contributed by atoms with Crippen LogP contribution in [0.1, 0.15) is 5.56 Å². The van der Waals surface area contributed by atoms with E-state index in [-0.39, 0.29) is 5.88 Å². The van der Waals surface area contributed by atoms with E-state index in [2.05, 4.69) is 16.6 Å². The Morgan fingerprint density at radius 1 is 1.43 bits per heavy atom. The van der Waals surface area contributed by atoms with Gasteiger partial charge in [-0.25, -0.2) is 4.98 Å². The van der Waals surface area contributed by atoms with Crippen molar-refractivity contribution in [2.24, 2.45) is 0 Å². The summed E-state index contributed by atoms with van der Waals surface area (Å²) in [5.41, 5.74) is -0.872. The lowest BCUT2D eigenvalue weighted by Crippen LogP contribution is -2.12. The van der Waals surface area contributed by atoms with Crippen LogP contribution < -0.4 is 4.74 Å². The van der Waals surface area contributed by atoms with Gasteiger partial charge >= 0.3 is 6.18 Å². The molecule has 0 saturated heterocycles. The Morgan fingerprint density at radius 2 is 2.07 bits per heavy atom. The number of hydrogen-bond acceptors (Lipinski definition) is 3. The Kier molecular flexibility index (Phi) is 2.95. The van der Waals surface area contributed by atoms with Gasteiger partial charge in [0.2, 0.25) is 5.88 Å². The highest BCUT2D eigenvalue weighted by molar-refractivity contribution is 5.20. The van der Waals surface area contributed by atoms with Crippen molar-refractivity contribution >= 4 is 0 Å². The third-order valence-corrected chi connectivity index (χ3v) is 1.32. The number of aliphatic hydroxyl groups is 1. The number of aliphatic hydroxyl groups excluding tert-OH is 1. The minimum atomic E-state index is -4.42. The predicted octanol–water partition coefficient (Wildman–Crippen LogP) is 1.63. The third kappa shape index (κ3) is 2.88. The highest BCUT2D eigenvalue weighted by Crippen LogP contribution is 2.29. The van der Waals surface area contributed by atoms with Crippen LogP contribution in [0, 0.1) is 6.92 Å². The average molecular weight is 206 g/mol. The fourth-order valence-corrected chi connectivity index (χ4v) is 0.757. The Morgan fingerprint density at radius 3 is 2.43 bits per heavy atom. The maximum atomic E-state index is 12.0. The second kappa shape index (κ2) is 3.83. The summed E-state index contributed by atoms with van der Waals surface area (Å²) in [5, 5.41) is 8.64. The minimum absolute atomic E-state index is 0.111. The molecule has 3 nitrogen and oxygen atoms in total. The monoisotopic (exact) mass is 206 g/mol. The van der Waals surface area contributed by atoms with Gasteiger partial charge in [0, 0.05) is 19.2 Å². The molecular weight excluding hydrogens is 199 g/mol. The Bertz CT molecular complexity index is 294. The number of ether oxygens (including phenoxy) is 1. The SMILES string of the molecule is [CH2]C(O)Oc1ccc(C(F)(F)F)cn1. The van der Waals surface area contributed by atoms with Gasteiger partial charge < -0.3 is 9.84 Å². The van der Waals surface area contributed by atoms with E-state index in [9.17, 15) is 13.2 Å². The first-order valence-corrected chi connectivity index (χ1v) is 3.60. The van der Waals surface area contributed by atoms with E-state index in [0.717, 1.165) is 12.1 Å². The first-order chi connectivity index (χ1) is 6.39. The molecule has 1 unspecified atom stereocenters. The quantitative estimate of drug-likeness (QED) is 0.748. The average Bonchev–Trinajstić information content (AvgIpc) is 2.02. The van der Waals surface area contributed by atoms with E-state index in [1.165, 1.54) is 0 Å². The standard InChI is InChI=1S/C8H7F3NO2/c1-5(13)14-7-3-2-6(4-12-7)8(9,10)11/h2-5,13H,1H2. The van der Waals surface area contributed by atoms with E-state index in [4.69, 9.17) is 5.11 Å². The van der Waals surface area contributed by atoms with Gasteiger partial charge in [0.1, 0.15) is 0 Å². The van der Waals surface area contributed by atoms with Gasteiger partial charge in [-0.05, 0) is 6.07 Å². The first-order valence-electron chi connectivity index (χ1n) is 3.60. The Labute approximate surface area is 78.2 Å². The van der Waals surface area contributed by atoms with Crippen LogP contribution in [0.2, 0.25) is 0 Å². The molecule has 0 amide bonds. The molecule has 1 heterocycles. The molecule has 1 N–H and O–H groups in total. The summed E-state index contributed by atoms with van der Waals surface area (Å²) in [7, 11) is 0. The highest BCUT2D eigenvalue weighted by atomic mass is 19.4. The summed E-state index contributed by atoms with van der Waals surface area (Å²) in [6, 6.07) is 1.82. The highest BCUT2D eigenvalue weighted by Gasteiger charge is 2.30. The molecule has 1 aromatic heterocycles. The van der Waals surface area contributed by atoms with Crippen LogP contribution in [-0.2, 0) is 6.18 Å². The Balaban J connectivity index is 2.79. The fraction of sp³-hybridized carbons (Fsp3) is 0.250. The molecule has 0 aliphatic carbocycles. The van der Waals surface area contributed by atoms with Crippen LogP contribution >= 0.6 is 0 Å². The van der Waals surface area contributed by atoms with Gasteiger partial charge in [-0.15, -0.1) is 0 Å². The number of alkyl halides is 3. The van der Waals surface area contributed by atoms with Crippen molar-refractivity contribution in [2.45, 2.75) is 12.5 Å². The van der Waals surface area contributed by atoms with Crippen LogP contribution in [-0.4, -0.2) is 16.4 Å². The van der Waals surface area contributed by atoms with Crippen LogP contribution in [0.25, 0.3) is 0 Å². The lowest BCUT2D eigenvalue weighted by Gasteiger charge is -2.09. The van der Waals surface area contributed by atoms with Gasteiger partial charge in [-0.1, -0.05) is 0 Å². The fourth-order valence-electron chi connectivity index (χ4n) is 0.757. The van der Waals surface area contributed by atoms with E-state index in [1.54, 1.807) is 0 Å². The molecule has 6 heteroatoms. The number of nitrogens with zero attached hydrogens (tertiary/aromatic N) is 1. The second-order valence-electron chi connectivity index (χ2n) is 2.46. The number of aromatic nitrogens is 1. The van der Waals surface area contributed by atoms with Crippen molar-refractivity contribution in [3.63, 3.8) is 0 Å². The summed E-state index contributed by atoms with van der Waals surface area (Å²) in [4.78, 5) is 3.34. The number of halogens is 3. The zero-order valence-electron chi connectivity index (χ0n) is 6.95. The van der Waals surface area contributed by atoms with Crippen molar-refractivity contribution in [1.29, 1.82) is 0 Å². The smallest absolute Gasteiger partial charge is 0.417 e. The van der Waals surface area contributed by atoms with Crippen LogP contribution in [0.15, 0.2) is 18.3 Å². The molecule has 0 aliphatic heterocycles. The van der Waals surface area contributed by atoms with Crippen molar-refractivity contribution < 1.29 is 23.0 Å². The molecule has 0 fully saturated rings. The zero-order valence-corrected chi connectivity index (χ0v) is 6.95. The molecule has 1 atom stereocenters. The van der Waals surface area contributed by atoms with Gasteiger partial charge in [-0.2, -0.15) is 13.2 Å². The van der Waals surface area contributed by atoms with Crippen molar-refractivity contribution in [2.75, 3.05) is 0 Å². The molecule has 14 heavy (non-hydrogen) atoms. The molecule has 0 saturated carbocycles. The topological polar surface area (TPSA) is 42.4 Å². The van der Waals surface area contributed by atoms with Gasteiger partial charge in [-0.3, -0.25) is 0 Å². The van der Waals surface area contributed by atoms with Crippen LogP contribution in [0.3, 0.4) is 0 Å². The van der Waals surface area contributed by atoms with Crippen LogP contribution in [0.5, 0.6) is 5.88 Å². The molecule has 1 aromatic rings. The van der Waals surface area contributed by atoms with E-state index < -0.39 is 18.0 Å². The lowest BCUT2D eigenvalue weighted by atomic mass is 10.3. The molecule has 0 aliphatic rings. The number of hydrogen-bond donors (Lipinski definition) is 1. The van der Waals surface area contributed by atoms with E-state index in [0.29, 0.717) is 6.20 Å².